The SMILES string of the molecule is CN[C@@H](c1ccccc1)[C@@H](O)C(=O)O[C@H]1C[C@@]2(O)[C@@H](OC(=O)c3ccccc3)[C@@H]3[C@]4(OC(C)=O)CO[C@@H]4C[C@H](O)[C@@]3(C)C(=O)[C@H](O)C(=C1C)C2(C)C. The molecule has 11 atom stereocenters. The van der Waals surface area contributed by atoms with Gasteiger partial charge in [-0.1, -0.05) is 62.4 Å². The van der Waals surface area contributed by atoms with E-state index < -0.39 is 101 Å². The van der Waals surface area contributed by atoms with E-state index in [1.54, 1.807) is 76.3 Å². The molecule has 2 bridgehead atoms. The van der Waals surface area contributed by atoms with Crippen molar-refractivity contribution in [2.45, 2.75) is 101 Å². The van der Waals surface area contributed by atoms with Crippen LogP contribution in [-0.2, 0) is 33.3 Å². The monoisotopic (exact) mass is 721 g/mol. The summed E-state index contributed by atoms with van der Waals surface area (Å²) >= 11 is 0. The van der Waals surface area contributed by atoms with Crippen molar-refractivity contribution in [3.63, 3.8) is 0 Å². The van der Waals surface area contributed by atoms with Gasteiger partial charge in [-0.15, -0.1) is 0 Å². The number of likely N-dealkylation sites (N-methyl/N-ethyl adjacent to an activating group) is 1. The predicted octanol–water partition coefficient (Wildman–Crippen LogP) is 1.95. The van der Waals surface area contributed by atoms with Crippen LogP contribution in [0.15, 0.2) is 71.8 Å². The number of benzene rings is 2. The van der Waals surface area contributed by atoms with Gasteiger partial charge in [0.1, 0.15) is 30.0 Å². The van der Waals surface area contributed by atoms with Crippen LogP contribution in [0.25, 0.3) is 0 Å². The smallest absolute Gasteiger partial charge is 0.338 e. The molecule has 2 aromatic carbocycles. The second kappa shape index (κ2) is 13.5. The van der Waals surface area contributed by atoms with Gasteiger partial charge in [0.25, 0.3) is 0 Å². The number of esters is 3. The van der Waals surface area contributed by atoms with Gasteiger partial charge in [0, 0.05) is 25.2 Å². The van der Waals surface area contributed by atoms with Crippen molar-refractivity contribution in [1.82, 2.24) is 5.32 Å². The summed E-state index contributed by atoms with van der Waals surface area (Å²) in [5.41, 5.74) is -6.47. The maximum Gasteiger partial charge on any atom is 0.338 e. The lowest BCUT2D eigenvalue weighted by Gasteiger charge is -2.67. The first-order chi connectivity index (χ1) is 24.5. The quantitative estimate of drug-likeness (QED) is 0.151. The van der Waals surface area contributed by atoms with E-state index in [0.29, 0.717) is 5.56 Å². The van der Waals surface area contributed by atoms with E-state index in [9.17, 15) is 39.6 Å². The largest absolute Gasteiger partial charge is 0.456 e. The summed E-state index contributed by atoms with van der Waals surface area (Å²) in [4.78, 5) is 55.3. The summed E-state index contributed by atoms with van der Waals surface area (Å²) in [5.74, 6) is -4.99. The molecular formula is C39H47NO12. The molecule has 0 aromatic heterocycles. The van der Waals surface area contributed by atoms with E-state index >= 15 is 0 Å². The van der Waals surface area contributed by atoms with E-state index in [4.69, 9.17) is 18.9 Å². The number of aliphatic hydroxyl groups is 4. The van der Waals surface area contributed by atoms with Crippen molar-refractivity contribution < 1.29 is 58.6 Å². The Kier molecular flexibility index (Phi) is 9.77. The van der Waals surface area contributed by atoms with Crippen LogP contribution in [0.2, 0.25) is 0 Å². The van der Waals surface area contributed by atoms with Gasteiger partial charge in [-0.3, -0.25) is 9.59 Å². The van der Waals surface area contributed by atoms with Gasteiger partial charge in [0.2, 0.25) is 0 Å². The van der Waals surface area contributed by atoms with Gasteiger partial charge >= 0.3 is 17.9 Å². The summed E-state index contributed by atoms with van der Waals surface area (Å²) in [6.07, 6.45) is -9.72. The van der Waals surface area contributed by atoms with Crippen molar-refractivity contribution in [2.24, 2.45) is 16.7 Å². The van der Waals surface area contributed by atoms with Crippen LogP contribution in [0.5, 0.6) is 0 Å². The summed E-state index contributed by atoms with van der Waals surface area (Å²) in [5, 5.41) is 51.3. The van der Waals surface area contributed by atoms with Crippen molar-refractivity contribution >= 4 is 23.7 Å². The summed E-state index contributed by atoms with van der Waals surface area (Å²) in [7, 11) is 1.57. The Labute approximate surface area is 301 Å². The molecule has 0 unspecified atom stereocenters. The van der Waals surface area contributed by atoms with Gasteiger partial charge in [-0.25, -0.2) is 9.59 Å². The third kappa shape index (κ3) is 5.60. The Bertz CT molecular complexity index is 1760. The van der Waals surface area contributed by atoms with Crippen LogP contribution >= 0.6 is 0 Å². The highest BCUT2D eigenvalue weighted by molar-refractivity contribution is 5.94. The van der Waals surface area contributed by atoms with Gasteiger partial charge in [-0.05, 0) is 49.7 Å². The zero-order chi connectivity index (χ0) is 38.0. The molecule has 13 nitrogen and oxygen atoms in total. The molecule has 13 heteroatoms. The number of nitrogens with one attached hydrogen (secondary N) is 1. The van der Waals surface area contributed by atoms with Crippen molar-refractivity contribution in [3.05, 3.63) is 82.9 Å². The minimum absolute atomic E-state index is 0.00733. The predicted molar refractivity (Wildman–Crippen MR) is 183 cm³/mol. The molecule has 3 aliphatic carbocycles. The number of carbonyl (C=O) groups excluding carboxylic acids is 4. The first-order valence-corrected chi connectivity index (χ1v) is 17.5. The Morgan fingerprint density at radius 3 is 2.15 bits per heavy atom. The molecule has 52 heavy (non-hydrogen) atoms. The molecule has 2 aromatic rings. The number of Topliss-reactive ketones (excluding diaryl/α,β-unsaturated/α-hetero) is 1. The van der Waals surface area contributed by atoms with E-state index in [1.165, 1.54) is 26.0 Å². The molecule has 280 valence electrons. The number of ketones is 1. The van der Waals surface area contributed by atoms with Crippen LogP contribution < -0.4 is 5.32 Å². The lowest BCUT2D eigenvalue weighted by molar-refractivity contribution is -0.346. The Balaban J connectivity index is 1.53. The Morgan fingerprint density at radius 1 is 0.981 bits per heavy atom. The summed E-state index contributed by atoms with van der Waals surface area (Å²) in [6.45, 7) is 7.07. The lowest BCUT2D eigenvalue weighted by atomic mass is 9.44. The van der Waals surface area contributed by atoms with Crippen LogP contribution in [0.4, 0.5) is 0 Å². The number of carbonyl (C=O) groups is 4. The molecule has 3 fully saturated rings. The second-order valence-electron chi connectivity index (χ2n) is 15.2. The third-order valence-electron chi connectivity index (χ3n) is 12.2. The molecule has 4 aliphatic rings. The van der Waals surface area contributed by atoms with Gasteiger partial charge in [-0.2, -0.15) is 0 Å². The van der Waals surface area contributed by atoms with Crippen LogP contribution in [-0.4, -0.2) is 106 Å². The summed E-state index contributed by atoms with van der Waals surface area (Å²) < 4.78 is 24.0. The minimum atomic E-state index is -2.26. The molecule has 0 amide bonds. The van der Waals surface area contributed by atoms with E-state index in [-0.39, 0.29) is 29.7 Å². The molecule has 1 heterocycles. The molecular weight excluding hydrogens is 674 g/mol. The molecule has 6 rings (SSSR count). The standard InChI is InChI=1S/C39H47NO12/c1-20-24(50-35(47)30(44)28(40-6)22-13-9-7-10-14-22)18-39(48)33(51-34(46)23-15-11-8-12-16-23)31-37(5,32(45)29(43)27(20)36(39,3)4)25(42)17-26-38(31,19-49-26)52-21(2)41/h7-16,24-26,28-31,33,40,42-44,48H,17-19H2,1-6H3/t24-,25-,26+,28-,29+,30+,31-,33-,37+,38-,39+/m0/s1. The van der Waals surface area contributed by atoms with Crippen LogP contribution in [0, 0.1) is 16.7 Å². The Hall–Kier alpha value is -3.98. The van der Waals surface area contributed by atoms with Crippen molar-refractivity contribution in [1.29, 1.82) is 0 Å². The average Bonchev–Trinajstić information content (AvgIpc) is 3.10. The first kappa shape index (κ1) is 37.8. The highest BCUT2D eigenvalue weighted by Crippen LogP contribution is 2.64. The number of hydrogen-bond donors (Lipinski definition) is 5. The Morgan fingerprint density at radius 2 is 1.60 bits per heavy atom. The highest BCUT2D eigenvalue weighted by atomic mass is 16.6. The molecule has 0 radical (unpaired) electrons. The molecule has 1 saturated heterocycles. The normalized spacial score (nSPS) is 36.1. The fourth-order valence-electron chi connectivity index (χ4n) is 9.29. The minimum Gasteiger partial charge on any atom is -0.456 e. The number of ether oxygens (including phenoxy) is 4. The van der Waals surface area contributed by atoms with E-state index in [1.807, 2.05) is 0 Å². The number of rotatable bonds is 8. The molecule has 2 saturated carbocycles. The fourth-order valence-corrected chi connectivity index (χ4v) is 9.29. The summed E-state index contributed by atoms with van der Waals surface area (Å²) in [6, 6.07) is 15.9. The van der Waals surface area contributed by atoms with Crippen LogP contribution in [0.1, 0.15) is 69.4 Å². The maximum absolute atomic E-state index is 14.8. The van der Waals surface area contributed by atoms with E-state index in [2.05, 4.69) is 5.32 Å². The molecule has 0 spiro atoms. The number of fused-ring (bicyclic) bond motifs is 5. The van der Waals surface area contributed by atoms with Gasteiger partial charge < -0.3 is 44.7 Å². The number of aliphatic hydroxyl groups excluding tert-OH is 3. The van der Waals surface area contributed by atoms with E-state index in [0.717, 1.165) is 0 Å². The third-order valence-corrected chi connectivity index (χ3v) is 12.2. The first-order valence-electron chi connectivity index (χ1n) is 17.5. The lowest BCUT2D eigenvalue weighted by Crippen LogP contribution is -2.81. The zero-order valence-corrected chi connectivity index (χ0v) is 30.1. The van der Waals surface area contributed by atoms with Gasteiger partial charge in [0.05, 0.1) is 35.6 Å². The fraction of sp³-hybridized carbons (Fsp3) is 0.538. The van der Waals surface area contributed by atoms with Crippen LogP contribution in [0.3, 0.4) is 0 Å². The second-order valence-corrected chi connectivity index (χ2v) is 15.2. The number of hydrogen-bond acceptors (Lipinski definition) is 13. The topological polar surface area (TPSA) is 198 Å². The van der Waals surface area contributed by atoms with Gasteiger partial charge in [0.15, 0.2) is 17.5 Å². The highest BCUT2D eigenvalue weighted by Gasteiger charge is 2.78. The average molecular weight is 722 g/mol. The van der Waals surface area contributed by atoms with Crippen molar-refractivity contribution in [3.8, 4) is 0 Å². The maximum atomic E-state index is 14.8. The molecule has 5 N–H and O–H groups in total. The zero-order valence-electron chi connectivity index (χ0n) is 30.1. The van der Waals surface area contributed by atoms with Crippen molar-refractivity contribution in [2.75, 3.05) is 13.7 Å². The molecule has 1 aliphatic heterocycles.